The zero-order valence-corrected chi connectivity index (χ0v) is 23.3. The summed E-state index contributed by atoms with van der Waals surface area (Å²) in [4.78, 5) is 26.3. The molecule has 2 aromatic heterocycles. The number of aromatic nitrogens is 8. The van der Waals surface area contributed by atoms with Gasteiger partial charge in [-0.15, -0.1) is 20.4 Å². The van der Waals surface area contributed by atoms with Crippen LogP contribution in [0.15, 0.2) is 54.6 Å². The van der Waals surface area contributed by atoms with E-state index in [2.05, 4.69) is 43.1 Å². The van der Waals surface area contributed by atoms with Crippen molar-refractivity contribution in [1.29, 1.82) is 0 Å². The van der Waals surface area contributed by atoms with Crippen molar-refractivity contribution in [2.45, 2.75) is 46.2 Å². The predicted molar refractivity (Wildman–Crippen MR) is 153 cm³/mol. The number of esters is 1. The summed E-state index contributed by atoms with van der Waals surface area (Å²) in [6.07, 6.45) is 2.20. The van der Waals surface area contributed by atoms with Crippen LogP contribution in [0.5, 0.6) is 0 Å². The van der Waals surface area contributed by atoms with Gasteiger partial charge in [0.2, 0.25) is 0 Å². The van der Waals surface area contributed by atoms with E-state index < -0.39 is 4.92 Å². The van der Waals surface area contributed by atoms with Gasteiger partial charge in [-0.3, -0.25) is 10.1 Å². The van der Waals surface area contributed by atoms with E-state index in [0.29, 0.717) is 29.3 Å². The zero-order valence-electron chi connectivity index (χ0n) is 23.3. The topological polar surface area (TPSA) is 169 Å². The van der Waals surface area contributed by atoms with Gasteiger partial charge in [-0.25, -0.2) is 4.79 Å². The Labute approximate surface area is 240 Å². The van der Waals surface area contributed by atoms with Gasteiger partial charge in [0, 0.05) is 29.9 Å². The molecule has 0 aliphatic heterocycles. The number of hydrogen-bond donors (Lipinski definition) is 1. The first-order valence-electron chi connectivity index (χ1n) is 13.7. The highest BCUT2D eigenvalue weighted by atomic mass is 16.6. The Morgan fingerprint density at radius 2 is 1.71 bits per heavy atom. The van der Waals surface area contributed by atoms with Crippen molar-refractivity contribution < 1.29 is 14.5 Å². The summed E-state index contributed by atoms with van der Waals surface area (Å²) >= 11 is 0. The minimum atomic E-state index is -0.427. The van der Waals surface area contributed by atoms with E-state index in [1.165, 1.54) is 21.7 Å². The molecule has 0 saturated heterocycles. The molecule has 3 aromatic carbocycles. The van der Waals surface area contributed by atoms with Crippen LogP contribution in [0.3, 0.4) is 0 Å². The van der Waals surface area contributed by atoms with Crippen molar-refractivity contribution in [3.05, 3.63) is 93.1 Å². The molecule has 1 N–H and O–H groups in total. The smallest absolute Gasteiger partial charge is 0.338 e. The van der Waals surface area contributed by atoms with Crippen LogP contribution in [-0.4, -0.2) is 64.5 Å². The zero-order chi connectivity index (χ0) is 29.5. The molecule has 0 fully saturated rings. The van der Waals surface area contributed by atoms with Crippen LogP contribution in [0.25, 0.3) is 10.8 Å². The van der Waals surface area contributed by atoms with E-state index in [-0.39, 0.29) is 31.2 Å². The fourth-order valence-corrected chi connectivity index (χ4v) is 4.52. The number of anilines is 1. The Balaban J connectivity index is 1.29. The van der Waals surface area contributed by atoms with E-state index in [1.54, 1.807) is 19.1 Å². The van der Waals surface area contributed by atoms with Crippen molar-refractivity contribution in [2.24, 2.45) is 0 Å². The van der Waals surface area contributed by atoms with E-state index >= 15 is 0 Å². The highest BCUT2D eigenvalue weighted by Crippen LogP contribution is 2.24. The molecular formula is C28H30N10O4. The maximum atomic E-state index is 12.6. The summed E-state index contributed by atoms with van der Waals surface area (Å²) in [7, 11) is 0. The first-order valence-corrected chi connectivity index (χ1v) is 13.7. The number of carbonyl (C=O) groups excluding carboxylic acids is 1. The lowest BCUT2D eigenvalue weighted by molar-refractivity contribution is -0.384. The molecule has 0 saturated carbocycles. The third kappa shape index (κ3) is 6.71. The second-order valence-corrected chi connectivity index (χ2v) is 9.61. The van der Waals surface area contributed by atoms with E-state index in [1.807, 2.05) is 30.3 Å². The normalized spacial score (nSPS) is 11.1. The monoisotopic (exact) mass is 570 g/mol. The number of unbranched alkanes of at least 4 members (excludes halogenated alkanes) is 1. The number of tetrazole rings is 2. The van der Waals surface area contributed by atoms with Crippen LogP contribution in [-0.2, 0) is 24.2 Å². The Morgan fingerprint density at radius 3 is 2.43 bits per heavy atom. The minimum Gasteiger partial charge on any atom is -0.462 e. The lowest BCUT2D eigenvalue weighted by Crippen LogP contribution is -2.10. The first kappa shape index (κ1) is 28.3. The summed E-state index contributed by atoms with van der Waals surface area (Å²) < 4.78 is 5.25. The van der Waals surface area contributed by atoms with Gasteiger partial charge in [-0.05, 0) is 58.3 Å². The van der Waals surface area contributed by atoms with E-state index in [9.17, 15) is 14.9 Å². The fraction of sp³-hybridized carbons (Fsp3) is 0.321. The maximum Gasteiger partial charge on any atom is 0.338 e. The van der Waals surface area contributed by atoms with Gasteiger partial charge in [-0.1, -0.05) is 37.6 Å². The number of nitrogens with one attached hydrogen (secondary N) is 1. The maximum absolute atomic E-state index is 12.6. The average Bonchev–Trinajstić information content (AvgIpc) is 3.62. The fourth-order valence-electron chi connectivity index (χ4n) is 4.52. The van der Waals surface area contributed by atoms with Crippen molar-refractivity contribution in [1.82, 2.24) is 40.4 Å². The number of ether oxygens (including phenoxy) is 1. The van der Waals surface area contributed by atoms with Crippen molar-refractivity contribution >= 4 is 28.1 Å². The van der Waals surface area contributed by atoms with Crippen LogP contribution in [0.4, 0.5) is 11.4 Å². The predicted octanol–water partition coefficient (Wildman–Crippen LogP) is 3.80. The van der Waals surface area contributed by atoms with Gasteiger partial charge in [0.15, 0.2) is 11.6 Å². The molecule has 14 heteroatoms. The molecule has 2 heterocycles. The van der Waals surface area contributed by atoms with Gasteiger partial charge in [0.05, 0.1) is 36.6 Å². The van der Waals surface area contributed by atoms with Crippen LogP contribution < -0.4 is 5.32 Å². The molecule has 0 unspecified atom stereocenters. The molecule has 0 bridgehead atoms. The Morgan fingerprint density at radius 1 is 0.976 bits per heavy atom. The number of nitrogens with zero attached hydrogens (tertiary/aromatic N) is 9. The second kappa shape index (κ2) is 12.9. The second-order valence-electron chi connectivity index (χ2n) is 9.61. The molecule has 0 spiro atoms. The lowest BCUT2D eigenvalue weighted by atomic mass is 10.0. The van der Waals surface area contributed by atoms with Crippen molar-refractivity contribution in [3.8, 4) is 0 Å². The van der Waals surface area contributed by atoms with Crippen LogP contribution in [0.2, 0.25) is 0 Å². The van der Waals surface area contributed by atoms with Crippen LogP contribution >= 0.6 is 0 Å². The number of nitro benzene ring substituents is 1. The summed E-state index contributed by atoms with van der Waals surface area (Å²) in [5.74, 6) is 0.403. The number of hydrogen-bond acceptors (Lipinski definition) is 11. The molecule has 0 atom stereocenters. The average molecular weight is 571 g/mol. The first-order chi connectivity index (χ1) is 20.4. The molecule has 5 rings (SSSR count). The van der Waals surface area contributed by atoms with Crippen LogP contribution in [0.1, 0.15) is 59.8 Å². The number of benzene rings is 3. The summed E-state index contributed by atoms with van der Waals surface area (Å²) in [6.45, 7) is 5.40. The number of fused-ring (bicyclic) bond motifs is 1. The quantitative estimate of drug-likeness (QED) is 0.0945. The van der Waals surface area contributed by atoms with E-state index in [4.69, 9.17) is 4.74 Å². The Hall–Kier alpha value is -5.27. The third-order valence-corrected chi connectivity index (χ3v) is 6.50. The van der Waals surface area contributed by atoms with Crippen LogP contribution in [0, 0.1) is 10.1 Å². The minimum absolute atomic E-state index is 0.00650. The van der Waals surface area contributed by atoms with Gasteiger partial charge in [0.25, 0.3) is 5.69 Å². The molecule has 42 heavy (non-hydrogen) atoms. The molecule has 216 valence electrons. The van der Waals surface area contributed by atoms with Gasteiger partial charge in [0.1, 0.15) is 0 Å². The Kier molecular flexibility index (Phi) is 8.70. The summed E-state index contributed by atoms with van der Waals surface area (Å²) in [5, 5.41) is 41.7. The molecule has 14 nitrogen and oxygen atoms in total. The molecule has 0 amide bonds. The standard InChI is InChI=1S/C28H30N10O4/c1-3-5-12-29-25-11-10-22(38(40)41)15-21(25)18-37-33-27(31-35-37)16-26-30-34-36(32-26)17-19-13-20-8-6-7-9-23(20)24(14-19)28(39)42-4-2/h6-11,13-15,29H,3-5,12,16-18H2,1-2H3. The highest BCUT2D eigenvalue weighted by molar-refractivity contribution is 6.04. The lowest BCUT2D eigenvalue weighted by Gasteiger charge is -2.11. The van der Waals surface area contributed by atoms with Gasteiger partial charge >= 0.3 is 5.97 Å². The Bertz CT molecular complexity index is 1710. The van der Waals surface area contributed by atoms with Crippen molar-refractivity contribution in [3.63, 3.8) is 0 Å². The summed E-state index contributed by atoms with van der Waals surface area (Å²) in [5.41, 5.74) is 2.78. The number of carbonyl (C=O) groups is 1. The third-order valence-electron chi connectivity index (χ3n) is 6.50. The van der Waals surface area contributed by atoms with Gasteiger partial charge in [-0.2, -0.15) is 9.59 Å². The van der Waals surface area contributed by atoms with E-state index in [0.717, 1.165) is 41.4 Å². The number of non-ortho nitro benzene ring substituents is 1. The molecule has 0 aliphatic rings. The SMILES string of the molecule is CCCCNc1ccc([N+](=O)[O-])cc1Cn1nnc(Cc2nnn(Cc3cc(C(=O)OCC)c4ccccc4c3)n2)n1. The highest BCUT2D eigenvalue weighted by Gasteiger charge is 2.16. The molecule has 0 aliphatic carbocycles. The molecule has 5 aromatic rings. The largest absolute Gasteiger partial charge is 0.462 e. The van der Waals surface area contributed by atoms with Crippen molar-refractivity contribution in [2.75, 3.05) is 18.5 Å². The summed E-state index contributed by atoms with van der Waals surface area (Å²) in [6, 6.07) is 16.1. The molecule has 0 radical (unpaired) electrons. The molecular weight excluding hydrogens is 540 g/mol. The van der Waals surface area contributed by atoms with Gasteiger partial charge < -0.3 is 10.1 Å². The number of rotatable bonds is 13. The number of nitro groups is 1.